The van der Waals surface area contributed by atoms with Crippen molar-refractivity contribution in [3.8, 4) is 0 Å². The second-order valence-corrected chi connectivity index (χ2v) is 6.22. The second kappa shape index (κ2) is 7.26. The number of nitrogens with zero attached hydrogens (tertiary/aromatic N) is 1. The first-order valence-electron chi connectivity index (χ1n) is 8.72. The smallest absolute Gasteiger partial charge is 0.266 e. The highest BCUT2D eigenvalue weighted by atomic mass is 16.2. The van der Waals surface area contributed by atoms with Gasteiger partial charge >= 0.3 is 0 Å². The number of hydrogen-bond acceptors (Lipinski definition) is 2. The molecule has 0 radical (unpaired) electrons. The standard InChI is InChI=1S/C24H17NO2/c26-23-21(16-18-10-4-1-5-11-18)22(17-19-12-6-2-7-13-19)24(27)25(23)20-14-8-3-9-15-20/h1-17H/b21-16-,22-17+. The van der Waals surface area contributed by atoms with Gasteiger partial charge in [-0.15, -0.1) is 0 Å². The fraction of sp³-hybridized carbons (Fsp3) is 0. The fourth-order valence-corrected chi connectivity index (χ4v) is 3.09. The molecule has 4 rings (SSSR count). The molecule has 2 amide bonds. The van der Waals surface area contributed by atoms with E-state index in [1.54, 1.807) is 24.3 Å². The Morgan fingerprint density at radius 2 is 0.889 bits per heavy atom. The normalized spacial score (nSPS) is 17.1. The number of benzene rings is 3. The maximum Gasteiger partial charge on any atom is 0.266 e. The van der Waals surface area contributed by atoms with Crippen LogP contribution in [0.2, 0.25) is 0 Å². The van der Waals surface area contributed by atoms with E-state index in [1.165, 1.54) is 4.90 Å². The minimum absolute atomic E-state index is 0.308. The van der Waals surface area contributed by atoms with Crippen molar-refractivity contribution in [1.29, 1.82) is 0 Å². The van der Waals surface area contributed by atoms with Crippen molar-refractivity contribution in [2.75, 3.05) is 4.90 Å². The number of carbonyl (C=O) groups is 2. The van der Waals surface area contributed by atoms with E-state index in [0.717, 1.165) is 11.1 Å². The summed E-state index contributed by atoms with van der Waals surface area (Å²) in [7, 11) is 0. The molecule has 0 saturated carbocycles. The quantitative estimate of drug-likeness (QED) is 0.505. The molecule has 3 aromatic carbocycles. The molecule has 130 valence electrons. The average molecular weight is 351 g/mol. The van der Waals surface area contributed by atoms with Gasteiger partial charge in [0.25, 0.3) is 11.8 Å². The highest BCUT2D eigenvalue weighted by Gasteiger charge is 2.39. The Morgan fingerprint density at radius 3 is 1.30 bits per heavy atom. The molecule has 1 fully saturated rings. The van der Waals surface area contributed by atoms with E-state index in [-0.39, 0.29) is 11.8 Å². The van der Waals surface area contributed by atoms with E-state index in [9.17, 15) is 9.59 Å². The maximum absolute atomic E-state index is 13.1. The highest BCUT2D eigenvalue weighted by Crippen LogP contribution is 2.32. The number of anilines is 1. The topological polar surface area (TPSA) is 37.4 Å². The van der Waals surface area contributed by atoms with Gasteiger partial charge in [0.2, 0.25) is 0 Å². The summed E-state index contributed by atoms with van der Waals surface area (Å²) >= 11 is 0. The lowest BCUT2D eigenvalue weighted by Gasteiger charge is -2.12. The van der Waals surface area contributed by atoms with Crippen molar-refractivity contribution in [2.45, 2.75) is 0 Å². The first kappa shape index (κ1) is 16.7. The van der Waals surface area contributed by atoms with E-state index in [4.69, 9.17) is 0 Å². The van der Waals surface area contributed by atoms with Crippen molar-refractivity contribution >= 4 is 29.7 Å². The van der Waals surface area contributed by atoms with E-state index in [1.807, 2.05) is 78.9 Å². The number of hydrogen-bond donors (Lipinski definition) is 0. The molecular formula is C24H17NO2. The monoisotopic (exact) mass is 351 g/mol. The Hall–Kier alpha value is -3.72. The zero-order valence-corrected chi connectivity index (χ0v) is 14.6. The average Bonchev–Trinajstić information content (AvgIpc) is 2.94. The molecule has 27 heavy (non-hydrogen) atoms. The van der Waals surface area contributed by atoms with E-state index < -0.39 is 0 Å². The predicted octanol–water partition coefficient (Wildman–Crippen LogP) is 4.73. The molecule has 0 N–H and O–H groups in total. The Labute approximate surface area is 157 Å². The molecule has 1 heterocycles. The summed E-state index contributed by atoms with van der Waals surface area (Å²) in [5, 5.41) is 0. The molecule has 1 aliphatic rings. The van der Waals surface area contributed by atoms with Gasteiger partial charge in [-0.2, -0.15) is 0 Å². The number of carbonyl (C=O) groups excluding carboxylic acids is 2. The predicted molar refractivity (Wildman–Crippen MR) is 108 cm³/mol. The molecule has 0 aliphatic carbocycles. The van der Waals surface area contributed by atoms with Crippen molar-refractivity contribution in [1.82, 2.24) is 0 Å². The van der Waals surface area contributed by atoms with Gasteiger partial charge < -0.3 is 0 Å². The minimum atomic E-state index is -0.308. The molecular weight excluding hydrogens is 334 g/mol. The summed E-state index contributed by atoms with van der Waals surface area (Å²) < 4.78 is 0. The second-order valence-electron chi connectivity index (χ2n) is 6.22. The third-order valence-corrected chi connectivity index (χ3v) is 4.39. The summed E-state index contributed by atoms with van der Waals surface area (Å²) in [6.07, 6.45) is 3.55. The van der Waals surface area contributed by atoms with Crippen molar-refractivity contribution in [2.24, 2.45) is 0 Å². The lowest BCUT2D eigenvalue weighted by molar-refractivity contribution is -0.119. The van der Waals surface area contributed by atoms with Crippen LogP contribution in [0.4, 0.5) is 5.69 Å². The van der Waals surface area contributed by atoms with Gasteiger partial charge in [-0.1, -0.05) is 78.9 Å². The SMILES string of the molecule is O=C1C(=C\c2ccccc2)/C(=C\c2ccccc2)C(=O)N1c1ccccc1. The van der Waals surface area contributed by atoms with Gasteiger partial charge in [0.05, 0.1) is 16.8 Å². The van der Waals surface area contributed by atoms with Gasteiger partial charge in [0.1, 0.15) is 0 Å². The molecule has 1 aliphatic heterocycles. The Kier molecular flexibility index (Phi) is 4.50. The van der Waals surface area contributed by atoms with Crippen molar-refractivity contribution in [3.63, 3.8) is 0 Å². The van der Waals surface area contributed by atoms with Crippen molar-refractivity contribution in [3.05, 3.63) is 113 Å². The summed E-state index contributed by atoms with van der Waals surface area (Å²) in [4.78, 5) is 27.5. The van der Waals surface area contributed by atoms with E-state index in [2.05, 4.69) is 0 Å². The van der Waals surface area contributed by atoms with Gasteiger partial charge in [-0.05, 0) is 35.4 Å². The lowest BCUT2D eigenvalue weighted by Crippen LogP contribution is -2.29. The van der Waals surface area contributed by atoms with E-state index >= 15 is 0 Å². The third kappa shape index (κ3) is 3.35. The lowest BCUT2D eigenvalue weighted by atomic mass is 10.0. The minimum Gasteiger partial charge on any atom is -0.268 e. The molecule has 3 aromatic rings. The van der Waals surface area contributed by atoms with Crippen LogP contribution in [-0.2, 0) is 9.59 Å². The number of amides is 2. The van der Waals surface area contributed by atoms with Crippen LogP contribution in [0.15, 0.2) is 102 Å². The maximum atomic E-state index is 13.1. The van der Waals surface area contributed by atoms with Gasteiger partial charge in [-0.3, -0.25) is 9.59 Å². The molecule has 0 bridgehead atoms. The summed E-state index contributed by atoms with van der Waals surface area (Å²) in [5.41, 5.74) is 3.13. The van der Waals surface area contributed by atoms with Crippen LogP contribution in [0.3, 0.4) is 0 Å². The molecule has 3 nitrogen and oxygen atoms in total. The zero-order chi connectivity index (χ0) is 18.6. The first-order chi connectivity index (χ1) is 13.2. The highest BCUT2D eigenvalue weighted by molar-refractivity contribution is 6.39. The van der Waals surface area contributed by atoms with Crippen LogP contribution in [0.25, 0.3) is 12.2 Å². The number of para-hydroxylation sites is 1. The Balaban J connectivity index is 1.85. The van der Waals surface area contributed by atoms with E-state index in [0.29, 0.717) is 16.8 Å². The number of imide groups is 1. The van der Waals surface area contributed by atoms with Gasteiger partial charge in [0.15, 0.2) is 0 Å². The zero-order valence-electron chi connectivity index (χ0n) is 14.6. The molecule has 1 saturated heterocycles. The molecule has 0 unspecified atom stereocenters. The first-order valence-corrected chi connectivity index (χ1v) is 8.72. The summed E-state index contributed by atoms with van der Waals surface area (Å²) in [5.74, 6) is -0.616. The van der Waals surface area contributed by atoms with Gasteiger partial charge in [0, 0.05) is 0 Å². The molecule has 0 aromatic heterocycles. The van der Waals surface area contributed by atoms with Crippen molar-refractivity contribution < 1.29 is 9.59 Å². The Bertz CT molecular complexity index is 968. The Morgan fingerprint density at radius 1 is 0.519 bits per heavy atom. The molecule has 3 heteroatoms. The van der Waals surface area contributed by atoms with Crippen LogP contribution in [0.1, 0.15) is 11.1 Å². The van der Waals surface area contributed by atoms with Crippen LogP contribution in [0.5, 0.6) is 0 Å². The molecule has 0 spiro atoms. The molecule has 0 atom stereocenters. The summed E-state index contributed by atoms with van der Waals surface area (Å²) in [6, 6.07) is 28.1. The van der Waals surface area contributed by atoms with Crippen LogP contribution < -0.4 is 4.90 Å². The third-order valence-electron chi connectivity index (χ3n) is 4.39. The van der Waals surface area contributed by atoms with Crippen LogP contribution in [-0.4, -0.2) is 11.8 Å². The van der Waals surface area contributed by atoms with Crippen LogP contribution >= 0.6 is 0 Å². The number of rotatable bonds is 3. The van der Waals surface area contributed by atoms with Crippen LogP contribution in [0, 0.1) is 0 Å². The summed E-state index contributed by atoms with van der Waals surface area (Å²) in [6.45, 7) is 0. The fourth-order valence-electron chi connectivity index (χ4n) is 3.09. The largest absolute Gasteiger partial charge is 0.268 e. The van der Waals surface area contributed by atoms with Gasteiger partial charge in [-0.25, -0.2) is 4.90 Å².